The van der Waals surface area contributed by atoms with Crippen molar-refractivity contribution in [1.29, 1.82) is 0 Å². The molecule has 6 nitrogen and oxygen atoms in total. The minimum absolute atomic E-state index is 0.345. The zero-order valence-corrected chi connectivity index (χ0v) is 9.98. The average Bonchev–Trinajstić information content (AvgIpc) is 2.26. The van der Waals surface area contributed by atoms with Crippen LogP contribution in [0, 0.1) is 0 Å². The lowest BCUT2D eigenvalue weighted by Gasteiger charge is -2.11. The summed E-state index contributed by atoms with van der Waals surface area (Å²) in [5.41, 5.74) is 6.54. The summed E-state index contributed by atoms with van der Waals surface area (Å²) in [6.07, 6.45) is 0.345. The largest absolute Gasteiger partial charge is 0.340 e. The quantitative estimate of drug-likeness (QED) is 0.622. The third kappa shape index (κ3) is 5.43. The van der Waals surface area contributed by atoms with Crippen LogP contribution in [0.4, 0.5) is 0 Å². The number of rotatable bonds is 5. The molecule has 7 heteroatoms. The van der Waals surface area contributed by atoms with Gasteiger partial charge in [-0.15, -0.1) is 0 Å². The van der Waals surface area contributed by atoms with Crippen LogP contribution < -0.4 is 16.2 Å². The van der Waals surface area contributed by atoms with Gasteiger partial charge in [-0.05, 0) is 12.0 Å². The normalized spacial score (nSPS) is 13.1. The molecule has 5 N–H and O–H groups in total. The molecule has 0 aliphatic heterocycles. The van der Waals surface area contributed by atoms with E-state index in [0.717, 1.165) is 5.56 Å². The van der Waals surface area contributed by atoms with Crippen LogP contribution in [-0.4, -0.2) is 26.2 Å². The molecule has 1 atom stereocenters. The van der Waals surface area contributed by atoms with E-state index in [-0.39, 0.29) is 0 Å². The topological polar surface area (TPSA) is 115 Å². The summed E-state index contributed by atoms with van der Waals surface area (Å²) in [6, 6.07) is 8.42. The van der Waals surface area contributed by atoms with Gasteiger partial charge in [0, 0.05) is 0 Å². The van der Waals surface area contributed by atoms with Crippen LogP contribution in [0.3, 0.4) is 0 Å². The third-order valence-electron chi connectivity index (χ3n) is 2.08. The Kier molecular flexibility index (Phi) is 4.62. The van der Waals surface area contributed by atoms with Crippen LogP contribution in [0.25, 0.3) is 0 Å². The fraction of sp³-hybridized carbons (Fsp3) is 0.300. The molecule has 0 bridgehead atoms. The van der Waals surface area contributed by atoms with E-state index in [1.165, 1.54) is 0 Å². The van der Waals surface area contributed by atoms with Gasteiger partial charge in [-0.25, -0.2) is 13.6 Å². The number of hydrogen-bond donors (Lipinski definition) is 3. The highest BCUT2D eigenvalue weighted by Gasteiger charge is 2.15. The van der Waals surface area contributed by atoms with Crippen LogP contribution in [0.2, 0.25) is 0 Å². The van der Waals surface area contributed by atoms with E-state index in [1.807, 2.05) is 30.3 Å². The lowest BCUT2D eigenvalue weighted by atomic mass is 10.1. The summed E-state index contributed by atoms with van der Waals surface area (Å²) in [7, 11) is -3.71. The minimum atomic E-state index is -3.71. The number of primary sulfonamides is 1. The smallest absolute Gasteiger partial charge is 0.238 e. The van der Waals surface area contributed by atoms with E-state index in [4.69, 9.17) is 10.9 Å². The maximum Gasteiger partial charge on any atom is 0.238 e. The van der Waals surface area contributed by atoms with Crippen LogP contribution in [-0.2, 0) is 21.2 Å². The van der Waals surface area contributed by atoms with Gasteiger partial charge < -0.3 is 11.1 Å². The molecule has 0 fully saturated rings. The fourth-order valence-corrected chi connectivity index (χ4v) is 1.61. The zero-order chi connectivity index (χ0) is 12.9. The first kappa shape index (κ1) is 13.6. The monoisotopic (exact) mass is 257 g/mol. The minimum Gasteiger partial charge on any atom is -0.340 e. The Morgan fingerprint density at radius 1 is 1.29 bits per heavy atom. The summed E-state index contributed by atoms with van der Waals surface area (Å²) in [5.74, 6) is -1.14. The molecule has 0 saturated carbocycles. The SMILES string of the molecule is N[C@@H](Cc1ccccc1)C(=O)NCS(N)(=O)=O. The van der Waals surface area contributed by atoms with Crippen LogP contribution in [0.1, 0.15) is 5.56 Å². The first-order valence-electron chi connectivity index (χ1n) is 4.96. The predicted molar refractivity (Wildman–Crippen MR) is 64.2 cm³/mol. The summed E-state index contributed by atoms with van der Waals surface area (Å²) >= 11 is 0. The van der Waals surface area contributed by atoms with Crippen molar-refractivity contribution in [2.24, 2.45) is 10.9 Å². The van der Waals surface area contributed by atoms with Crippen molar-refractivity contribution in [3.05, 3.63) is 35.9 Å². The van der Waals surface area contributed by atoms with Gasteiger partial charge in [0.25, 0.3) is 0 Å². The standard InChI is InChI=1S/C10H15N3O3S/c11-9(6-8-4-2-1-3-5-8)10(14)13-7-17(12,15)16/h1-5,9H,6-7,11H2,(H,13,14)(H2,12,15,16)/t9-/m0/s1. The van der Waals surface area contributed by atoms with Gasteiger partial charge in [0.2, 0.25) is 15.9 Å². The molecule has 0 heterocycles. The number of carbonyl (C=O) groups is 1. The van der Waals surface area contributed by atoms with E-state index in [9.17, 15) is 13.2 Å². The molecule has 0 aliphatic rings. The lowest BCUT2D eigenvalue weighted by molar-refractivity contribution is -0.122. The Hall–Kier alpha value is -1.44. The molecule has 0 saturated heterocycles. The summed E-state index contributed by atoms with van der Waals surface area (Å²) < 4.78 is 21.3. The molecule has 0 aliphatic carbocycles. The van der Waals surface area contributed by atoms with Gasteiger partial charge in [0.05, 0.1) is 6.04 Å². The van der Waals surface area contributed by atoms with E-state index in [2.05, 4.69) is 5.32 Å². The van der Waals surface area contributed by atoms with Gasteiger partial charge in [0.15, 0.2) is 0 Å². The van der Waals surface area contributed by atoms with Gasteiger partial charge in [-0.1, -0.05) is 30.3 Å². The molecule has 1 aromatic rings. The fourth-order valence-electron chi connectivity index (χ4n) is 1.26. The molecule has 0 radical (unpaired) electrons. The highest BCUT2D eigenvalue weighted by Crippen LogP contribution is 2.01. The predicted octanol–water partition coefficient (Wildman–Crippen LogP) is -1.08. The molecule has 1 aromatic carbocycles. The van der Waals surface area contributed by atoms with Crippen molar-refractivity contribution < 1.29 is 13.2 Å². The van der Waals surface area contributed by atoms with Gasteiger partial charge >= 0.3 is 0 Å². The second-order valence-electron chi connectivity index (χ2n) is 3.64. The highest BCUT2D eigenvalue weighted by molar-refractivity contribution is 7.89. The molecular weight excluding hydrogens is 242 g/mol. The third-order valence-corrected chi connectivity index (χ3v) is 2.63. The number of hydrogen-bond acceptors (Lipinski definition) is 4. The Bertz CT molecular complexity index is 473. The molecular formula is C10H15N3O3S. The molecule has 17 heavy (non-hydrogen) atoms. The first-order chi connectivity index (χ1) is 7.88. The molecule has 1 amide bonds. The van der Waals surface area contributed by atoms with E-state index in [1.54, 1.807) is 0 Å². The number of sulfonamides is 1. The van der Waals surface area contributed by atoms with E-state index >= 15 is 0 Å². The zero-order valence-electron chi connectivity index (χ0n) is 9.17. The maximum atomic E-state index is 11.4. The first-order valence-corrected chi connectivity index (χ1v) is 6.68. The van der Waals surface area contributed by atoms with Crippen molar-refractivity contribution in [3.8, 4) is 0 Å². The average molecular weight is 257 g/mol. The van der Waals surface area contributed by atoms with Crippen molar-refractivity contribution in [2.75, 3.05) is 5.88 Å². The van der Waals surface area contributed by atoms with Crippen LogP contribution >= 0.6 is 0 Å². The maximum absolute atomic E-state index is 11.4. The summed E-state index contributed by atoms with van der Waals surface area (Å²) in [5, 5.41) is 6.92. The second-order valence-corrected chi connectivity index (χ2v) is 5.26. The van der Waals surface area contributed by atoms with Crippen molar-refractivity contribution >= 4 is 15.9 Å². The molecule has 0 spiro atoms. The lowest BCUT2D eigenvalue weighted by Crippen LogP contribution is -2.44. The Morgan fingerprint density at radius 2 is 1.88 bits per heavy atom. The second kappa shape index (κ2) is 5.76. The highest BCUT2D eigenvalue weighted by atomic mass is 32.2. The Morgan fingerprint density at radius 3 is 2.41 bits per heavy atom. The van der Waals surface area contributed by atoms with Crippen molar-refractivity contribution in [1.82, 2.24) is 5.32 Å². The number of nitrogens with two attached hydrogens (primary N) is 2. The van der Waals surface area contributed by atoms with Gasteiger partial charge in [-0.2, -0.15) is 0 Å². The summed E-state index contributed by atoms with van der Waals surface area (Å²) in [6.45, 7) is 0. The van der Waals surface area contributed by atoms with Crippen LogP contribution in [0.15, 0.2) is 30.3 Å². The van der Waals surface area contributed by atoms with Gasteiger partial charge in [-0.3, -0.25) is 4.79 Å². The number of benzene rings is 1. The molecule has 0 aromatic heterocycles. The van der Waals surface area contributed by atoms with E-state index < -0.39 is 27.8 Å². The Balaban J connectivity index is 2.48. The van der Waals surface area contributed by atoms with Gasteiger partial charge in [0.1, 0.15) is 5.88 Å². The number of nitrogens with one attached hydrogen (secondary N) is 1. The van der Waals surface area contributed by atoms with Crippen molar-refractivity contribution in [2.45, 2.75) is 12.5 Å². The van der Waals surface area contributed by atoms with Crippen molar-refractivity contribution in [3.63, 3.8) is 0 Å². The number of amides is 1. The molecule has 94 valence electrons. The van der Waals surface area contributed by atoms with Crippen LogP contribution in [0.5, 0.6) is 0 Å². The van der Waals surface area contributed by atoms with E-state index in [0.29, 0.717) is 6.42 Å². The molecule has 1 rings (SSSR count). The number of carbonyl (C=O) groups excluding carboxylic acids is 1. The summed E-state index contributed by atoms with van der Waals surface area (Å²) in [4.78, 5) is 11.4. The Labute approximate surface area is 100 Å². The molecule has 0 unspecified atom stereocenters.